The van der Waals surface area contributed by atoms with Crippen LogP contribution < -0.4 is 10.6 Å². The number of anilines is 1. The Hall–Kier alpha value is -2.02. The van der Waals surface area contributed by atoms with E-state index in [0.717, 1.165) is 50.6 Å². The van der Waals surface area contributed by atoms with Crippen LogP contribution in [0.15, 0.2) is 18.2 Å². The molecule has 7 heteroatoms. The van der Waals surface area contributed by atoms with Gasteiger partial charge in [0.25, 0.3) is 5.69 Å². The Bertz CT molecular complexity index is 530. The van der Waals surface area contributed by atoms with Crippen molar-refractivity contribution < 1.29 is 14.1 Å². The van der Waals surface area contributed by atoms with Crippen LogP contribution in [0.5, 0.6) is 0 Å². The predicted octanol–water partition coefficient (Wildman–Crippen LogP) is 2.45. The van der Waals surface area contributed by atoms with Gasteiger partial charge in [0.2, 0.25) is 5.91 Å². The number of nitrogens with one attached hydrogen (secondary N) is 2. The van der Waals surface area contributed by atoms with E-state index in [0.29, 0.717) is 12.3 Å². The van der Waals surface area contributed by atoms with E-state index in [1.807, 2.05) is 0 Å². The fourth-order valence-electron chi connectivity index (χ4n) is 2.49. The lowest BCUT2D eigenvalue weighted by Crippen LogP contribution is -2.28. The number of halogens is 1. The number of carbonyl (C=O) groups excluding carboxylic acids is 1. The van der Waals surface area contributed by atoms with Crippen LogP contribution in [0.4, 0.5) is 15.8 Å². The van der Waals surface area contributed by atoms with Crippen molar-refractivity contribution in [1.29, 1.82) is 0 Å². The number of carbonyl (C=O) groups is 1. The molecule has 21 heavy (non-hydrogen) atoms. The van der Waals surface area contributed by atoms with Gasteiger partial charge in [0.05, 0.1) is 4.92 Å². The van der Waals surface area contributed by atoms with E-state index in [-0.39, 0.29) is 17.3 Å². The molecular formula is C14H18FN3O3. The number of nitrogens with zero attached hydrogens (tertiary/aromatic N) is 1. The number of amides is 1. The molecule has 1 aliphatic heterocycles. The molecule has 114 valence electrons. The predicted molar refractivity (Wildman–Crippen MR) is 76.5 cm³/mol. The molecule has 0 aromatic heterocycles. The average Bonchev–Trinajstić information content (AvgIpc) is 2.46. The highest BCUT2D eigenvalue weighted by Gasteiger charge is 2.18. The minimum Gasteiger partial charge on any atom is -0.320 e. The van der Waals surface area contributed by atoms with E-state index in [2.05, 4.69) is 10.6 Å². The molecule has 1 amide bonds. The smallest absolute Gasteiger partial charge is 0.292 e. The second-order valence-corrected chi connectivity index (χ2v) is 5.20. The van der Waals surface area contributed by atoms with E-state index in [1.165, 1.54) is 0 Å². The van der Waals surface area contributed by atoms with Crippen molar-refractivity contribution in [2.24, 2.45) is 5.92 Å². The van der Waals surface area contributed by atoms with Gasteiger partial charge in [-0.1, -0.05) is 0 Å². The lowest BCUT2D eigenvalue weighted by Gasteiger charge is -2.22. The normalized spacial score (nSPS) is 15.7. The molecule has 0 unspecified atom stereocenters. The van der Waals surface area contributed by atoms with Crippen LogP contribution in [-0.2, 0) is 4.79 Å². The molecule has 0 bridgehead atoms. The maximum Gasteiger partial charge on any atom is 0.292 e. The highest BCUT2D eigenvalue weighted by molar-refractivity contribution is 5.93. The lowest BCUT2D eigenvalue weighted by atomic mass is 9.93. The maximum absolute atomic E-state index is 13.2. The van der Waals surface area contributed by atoms with Gasteiger partial charge in [-0.2, -0.15) is 0 Å². The molecule has 1 saturated heterocycles. The zero-order valence-electron chi connectivity index (χ0n) is 11.6. The maximum atomic E-state index is 13.2. The first-order valence-corrected chi connectivity index (χ1v) is 7.01. The third kappa shape index (κ3) is 4.49. The number of hydrogen-bond donors (Lipinski definition) is 2. The number of nitro benzene ring substituents is 1. The second-order valence-electron chi connectivity index (χ2n) is 5.20. The summed E-state index contributed by atoms with van der Waals surface area (Å²) < 4.78 is 13.2. The molecule has 0 aliphatic carbocycles. The Labute approximate surface area is 121 Å². The fourth-order valence-corrected chi connectivity index (χ4v) is 2.49. The van der Waals surface area contributed by atoms with Crippen molar-refractivity contribution in [2.75, 3.05) is 18.4 Å². The zero-order chi connectivity index (χ0) is 15.2. The van der Waals surface area contributed by atoms with Crippen molar-refractivity contribution >= 4 is 17.3 Å². The molecule has 6 nitrogen and oxygen atoms in total. The molecule has 0 spiro atoms. The Balaban J connectivity index is 1.92. The Morgan fingerprint density at radius 2 is 2.14 bits per heavy atom. The van der Waals surface area contributed by atoms with Crippen LogP contribution in [-0.4, -0.2) is 23.9 Å². The SMILES string of the molecule is O=C(CCC1CCNCC1)Nc1cc(F)ccc1[N+](=O)[O-]. The van der Waals surface area contributed by atoms with Crippen molar-refractivity contribution in [3.05, 3.63) is 34.1 Å². The summed E-state index contributed by atoms with van der Waals surface area (Å²) in [5, 5.41) is 16.5. The summed E-state index contributed by atoms with van der Waals surface area (Å²) in [4.78, 5) is 22.1. The highest BCUT2D eigenvalue weighted by Crippen LogP contribution is 2.25. The average molecular weight is 295 g/mol. The fraction of sp³-hybridized carbons (Fsp3) is 0.500. The molecule has 2 rings (SSSR count). The van der Waals surface area contributed by atoms with Gasteiger partial charge in [-0.25, -0.2) is 4.39 Å². The highest BCUT2D eigenvalue weighted by atomic mass is 19.1. The van der Waals surface area contributed by atoms with Crippen LogP contribution in [0.2, 0.25) is 0 Å². The molecule has 1 fully saturated rings. The largest absolute Gasteiger partial charge is 0.320 e. The summed E-state index contributed by atoms with van der Waals surface area (Å²) in [6.07, 6.45) is 3.11. The van der Waals surface area contributed by atoms with Crippen molar-refractivity contribution in [3.8, 4) is 0 Å². The topological polar surface area (TPSA) is 84.3 Å². The van der Waals surface area contributed by atoms with Gasteiger partial charge in [0.1, 0.15) is 11.5 Å². The monoisotopic (exact) mass is 295 g/mol. The van der Waals surface area contributed by atoms with Gasteiger partial charge >= 0.3 is 0 Å². The minimum atomic E-state index is -0.637. The molecule has 0 atom stereocenters. The van der Waals surface area contributed by atoms with Crippen LogP contribution in [0.1, 0.15) is 25.7 Å². The summed E-state index contributed by atoms with van der Waals surface area (Å²) in [5.74, 6) is -0.434. The van der Waals surface area contributed by atoms with E-state index >= 15 is 0 Å². The minimum absolute atomic E-state index is 0.0877. The van der Waals surface area contributed by atoms with E-state index in [9.17, 15) is 19.3 Å². The van der Waals surface area contributed by atoms with Crippen LogP contribution >= 0.6 is 0 Å². The first-order chi connectivity index (χ1) is 10.1. The zero-order valence-corrected chi connectivity index (χ0v) is 11.6. The third-order valence-electron chi connectivity index (χ3n) is 3.67. The summed E-state index contributed by atoms with van der Waals surface area (Å²) in [7, 11) is 0. The molecule has 0 saturated carbocycles. The Morgan fingerprint density at radius 1 is 1.43 bits per heavy atom. The molecule has 2 N–H and O–H groups in total. The number of rotatable bonds is 5. The van der Waals surface area contributed by atoms with E-state index in [1.54, 1.807) is 0 Å². The molecule has 1 aromatic carbocycles. The third-order valence-corrected chi connectivity index (χ3v) is 3.67. The summed E-state index contributed by atoms with van der Waals surface area (Å²) in [6, 6.07) is 3.03. The van der Waals surface area contributed by atoms with Gasteiger partial charge in [-0.3, -0.25) is 14.9 Å². The van der Waals surface area contributed by atoms with Crippen molar-refractivity contribution in [1.82, 2.24) is 5.32 Å². The molecule has 0 radical (unpaired) electrons. The number of hydrogen-bond acceptors (Lipinski definition) is 4. The lowest BCUT2D eigenvalue weighted by molar-refractivity contribution is -0.384. The molecule has 1 heterocycles. The number of benzene rings is 1. The number of piperidine rings is 1. The summed E-state index contributed by atoms with van der Waals surface area (Å²) in [5.41, 5.74) is -0.387. The molecular weight excluding hydrogens is 277 g/mol. The molecule has 1 aromatic rings. The van der Waals surface area contributed by atoms with Gasteiger partial charge in [0, 0.05) is 18.6 Å². The first kappa shape index (κ1) is 15.4. The second kappa shape index (κ2) is 7.12. The van der Waals surface area contributed by atoms with Crippen LogP contribution in [0.25, 0.3) is 0 Å². The standard InChI is InChI=1S/C14H18FN3O3/c15-11-2-3-13(18(20)21)12(9-11)17-14(19)4-1-10-5-7-16-8-6-10/h2-3,9-10,16H,1,4-8H2,(H,17,19). The van der Waals surface area contributed by atoms with Crippen molar-refractivity contribution in [3.63, 3.8) is 0 Å². The number of nitro groups is 1. The first-order valence-electron chi connectivity index (χ1n) is 7.01. The van der Waals surface area contributed by atoms with Gasteiger partial charge in [-0.15, -0.1) is 0 Å². The van der Waals surface area contributed by atoms with Crippen molar-refractivity contribution in [2.45, 2.75) is 25.7 Å². The quantitative estimate of drug-likeness (QED) is 0.645. The Kier molecular flexibility index (Phi) is 5.21. The summed E-state index contributed by atoms with van der Waals surface area (Å²) >= 11 is 0. The Morgan fingerprint density at radius 3 is 2.81 bits per heavy atom. The van der Waals surface area contributed by atoms with Gasteiger partial charge in [-0.05, 0) is 44.3 Å². The van der Waals surface area contributed by atoms with E-state index < -0.39 is 10.7 Å². The molecule has 1 aliphatic rings. The van der Waals surface area contributed by atoms with Crippen LogP contribution in [0, 0.1) is 21.8 Å². The van der Waals surface area contributed by atoms with Gasteiger partial charge in [0.15, 0.2) is 0 Å². The summed E-state index contributed by atoms with van der Waals surface area (Å²) in [6.45, 7) is 1.92. The van der Waals surface area contributed by atoms with Crippen LogP contribution in [0.3, 0.4) is 0 Å². The van der Waals surface area contributed by atoms with Gasteiger partial charge < -0.3 is 10.6 Å². The van der Waals surface area contributed by atoms with E-state index in [4.69, 9.17) is 0 Å².